The average molecular weight is 261 g/mol. The van der Waals surface area contributed by atoms with Crippen LogP contribution in [0.2, 0.25) is 0 Å². The van der Waals surface area contributed by atoms with Crippen molar-refractivity contribution in [2.45, 2.75) is 18.7 Å². The van der Waals surface area contributed by atoms with Gasteiger partial charge in [0.15, 0.2) is 0 Å². The van der Waals surface area contributed by atoms with Crippen molar-refractivity contribution in [3.05, 3.63) is 51.7 Å². The highest BCUT2D eigenvalue weighted by molar-refractivity contribution is 7.98. The highest BCUT2D eigenvalue weighted by atomic mass is 32.2. The minimum Gasteiger partial charge on any atom is -0.380 e. The zero-order valence-electron chi connectivity index (χ0n) is 9.61. The number of fused-ring (bicyclic) bond motifs is 1. The summed E-state index contributed by atoms with van der Waals surface area (Å²) in [6, 6.07) is 12.8. The minimum atomic E-state index is 0.951. The first kappa shape index (κ1) is 11.2. The maximum absolute atomic E-state index is 3.47. The molecule has 1 aromatic heterocycles. The second kappa shape index (κ2) is 5.15. The number of benzene rings is 1. The smallest absolute Gasteiger partial charge is 0.0494 e. The van der Waals surface area contributed by atoms with Crippen molar-refractivity contribution in [2.75, 3.05) is 11.1 Å². The molecule has 88 valence electrons. The summed E-state index contributed by atoms with van der Waals surface area (Å²) >= 11 is 4.03. The summed E-state index contributed by atoms with van der Waals surface area (Å²) in [5, 5.41) is 3.47. The number of thioether (sulfide) groups is 1. The Kier molecular flexibility index (Phi) is 3.39. The normalized spacial score (nSPS) is 14.4. The molecule has 0 unspecified atom stereocenters. The van der Waals surface area contributed by atoms with Gasteiger partial charge in [-0.3, -0.25) is 0 Å². The zero-order chi connectivity index (χ0) is 11.5. The van der Waals surface area contributed by atoms with Gasteiger partial charge in [-0.1, -0.05) is 18.2 Å². The molecule has 0 fully saturated rings. The summed E-state index contributed by atoms with van der Waals surface area (Å²) in [5.74, 6) is 2.50. The van der Waals surface area contributed by atoms with Gasteiger partial charge in [0.25, 0.3) is 0 Å². The lowest BCUT2D eigenvalue weighted by Crippen LogP contribution is -1.96. The monoisotopic (exact) mass is 261 g/mol. The van der Waals surface area contributed by atoms with Crippen LogP contribution in [0.1, 0.15) is 15.3 Å². The van der Waals surface area contributed by atoms with Crippen LogP contribution in [0, 0.1) is 0 Å². The van der Waals surface area contributed by atoms with Crippen molar-refractivity contribution >= 4 is 28.8 Å². The first-order chi connectivity index (χ1) is 8.42. The van der Waals surface area contributed by atoms with E-state index in [1.165, 1.54) is 28.5 Å². The van der Waals surface area contributed by atoms with Crippen LogP contribution in [0.3, 0.4) is 0 Å². The van der Waals surface area contributed by atoms with Gasteiger partial charge >= 0.3 is 0 Å². The molecule has 2 heterocycles. The Morgan fingerprint density at radius 2 is 2.06 bits per heavy atom. The molecule has 0 atom stereocenters. The third kappa shape index (κ3) is 2.67. The van der Waals surface area contributed by atoms with E-state index in [9.17, 15) is 0 Å². The molecule has 0 radical (unpaired) electrons. The lowest BCUT2D eigenvalue weighted by Gasteiger charge is -2.08. The number of rotatable bonds is 3. The maximum Gasteiger partial charge on any atom is 0.0494 e. The van der Waals surface area contributed by atoms with E-state index < -0.39 is 0 Å². The van der Waals surface area contributed by atoms with E-state index in [0.717, 1.165) is 6.54 Å². The van der Waals surface area contributed by atoms with Crippen LogP contribution in [-0.2, 0) is 18.7 Å². The topological polar surface area (TPSA) is 12.0 Å². The maximum atomic E-state index is 3.47. The van der Waals surface area contributed by atoms with E-state index in [2.05, 4.69) is 47.4 Å². The average Bonchev–Trinajstić information content (AvgIpc) is 2.80. The molecular weight excluding hydrogens is 246 g/mol. The van der Waals surface area contributed by atoms with Gasteiger partial charge in [-0.15, -0.1) is 11.3 Å². The van der Waals surface area contributed by atoms with Crippen molar-refractivity contribution in [2.24, 2.45) is 0 Å². The van der Waals surface area contributed by atoms with Gasteiger partial charge in [-0.25, -0.2) is 0 Å². The summed E-state index contributed by atoms with van der Waals surface area (Å²) in [5.41, 5.74) is 2.77. The molecule has 0 aliphatic carbocycles. The van der Waals surface area contributed by atoms with E-state index in [0.29, 0.717) is 0 Å². The summed E-state index contributed by atoms with van der Waals surface area (Å²) in [4.78, 5) is 3.06. The number of anilines is 1. The van der Waals surface area contributed by atoms with Crippen molar-refractivity contribution in [1.29, 1.82) is 0 Å². The molecule has 1 aromatic carbocycles. The van der Waals surface area contributed by atoms with E-state index in [1.54, 1.807) is 10.4 Å². The summed E-state index contributed by atoms with van der Waals surface area (Å²) in [7, 11) is 0. The zero-order valence-corrected chi connectivity index (χ0v) is 11.2. The fourth-order valence-corrected chi connectivity index (χ4v) is 4.36. The summed E-state index contributed by atoms with van der Waals surface area (Å²) in [6.07, 6.45) is 1.26. The highest BCUT2D eigenvalue weighted by Crippen LogP contribution is 2.31. The van der Waals surface area contributed by atoms with Gasteiger partial charge in [0.1, 0.15) is 0 Å². The molecule has 1 nitrogen and oxygen atoms in total. The molecule has 0 bridgehead atoms. The highest BCUT2D eigenvalue weighted by Gasteiger charge is 2.13. The molecule has 17 heavy (non-hydrogen) atoms. The number of aryl methyl sites for hydroxylation is 1. The van der Waals surface area contributed by atoms with E-state index in [-0.39, 0.29) is 0 Å². The quantitative estimate of drug-likeness (QED) is 0.891. The van der Waals surface area contributed by atoms with Gasteiger partial charge in [-0.2, -0.15) is 11.8 Å². The van der Waals surface area contributed by atoms with Gasteiger partial charge in [-0.05, 0) is 35.9 Å². The Morgan fingerprint density at radius 3 is 2.88 bits per heavy atom. The Morgan fingerprint density at radius 1 is 1.18 bits per heavy atom. The van der Waals surface area contributed by atoms with Gasteiger partial charge < -0.3 is 5.32 Å². The molecule has 1 aliphatic rings. The van der Waals surface area contributed by atoms with E-state index in [1.807, 2.05) is 17.4 Å². The third-order valence-corrected chi connectivity index (χ3v) is 5.16. The standard InChI is InChI=1S/C14H15NS2/c1-2-4-12(5-3-1)15-9-13-8-11-10-16-7-6-14(11)17-13/h1-5,8,15H,6-7,9-10H2. The fraction of sp³-hybridized carbons (Fsp3) is 0.286. The van der Waals surface area contributed by atoms with E-state index >= 15 is 0 Å². The van der Waals surface area contributed by atoms with Crippen molar-refractivity contribution in [1.82, 2.24) is 0 Å². The molecule has 0 amide bonds. The predicted molar refractivity (Wildman–Crippen MR) is 78.0 cm³/mol. The molecule has 1 N–H and O–H groups in total. The summed E-state index contributed by atoms with van der Waals surface area (Å²) < 4.78 is 0. The summed E-state index contributed by atoms with van der Waals surface area (Å²) in [6.45, 7) is 0.951. The second-order valence-corrected chi connectivity index (χ2v) is 6.51. The number of hydrogen-bond acceptors (Lipinski definition) is 3. The van der Waals surface area contributed by atoms with Gasteiger partial charge in [0, 0.05) is 27.7 Å². The molecule has 3 heteroatoms. The largest absolute Gasteiger partial charge is 0.380 e. The van der Waals surface area contributed by atoms with Crippen LogP contribution >= 0.6 is 23.1 Å². The molecular formula is C14H15NS2. The predicted octanol–water partition coefficient (Wildman–Crippen LogP) is 4.15. The number of hydrogen-bond donors (Lipinski definition) is 1. The molecule has 0 saturated carbocycles. The van der Waals surface area contributed by atoms with Gasteiger partial charge in [0.05, 0.1) is 0 Å². The van der Waals surface area contributed by atoms with Crippen LogP contribution < -0.4 is 5.32 Å². The molecule has 1 aliphatic heterocycles. The number of thiophene rings is 1. The lowest BCUT2D eigenvalue weighted by atomic mass is 10.2. The number of nitrogens with one attached hydrogen (secondary N) is 1. The Bertz CT molecular complexity index is 467. The van der Waals surface area contributed by atoms with Crippen molar-refractivity contribution in [3.8, 4) is 0 Å². The Labute approximate surface area is 110 Å². The van der Waals surface area contributed by atoms with Crippen LogP contribution in [0.15, 0.2) is 36.4 Å². The van der Waals surface area contributed by atoms with E-state index in [4.69, 9.17) is 0 Å². The molecule has 0 saturated heterocycles. The molecule has 3 rings (SSSR count). The van der Waals surface area contributed by atoms with Crippen LogP contribution in [-0.4, -0.2) is 5.75 Å². The molecule has 2 aromatic rings. The third-order valence-electron chi connectivity index (χ3n) is 2.92. The van der Waals surface area contributed by atoms with Crippen molar-refractivity contribution < 1.29 is 0 Å². The Hall–Kier alpha value is -0.930. The SMILES string of the molecule is c1ccc(NCc2cc3c(s2)CCSC3)cc1. The van der Waals surface area contributed by atoms with Crippen LogP contribution in [0.25, 0.3) is 0 Å². The van der Waals surface area contributed by atoms with Crippen LogP contribution in [0.4, 0.5) is 5.69 Å². The van der Waals surface area contributed by atoms with Crippen LogP contribution in [0.5, 0.6) is 0 Å². The minimum absolute atomic E-state index is 0.951. The second-order valence-electron chi connectivity index (χ2n) is 4.18. The van der Waals surface area contributed by atoms with Gasteiger partial charge in [0.2, 0.25) is 0 Å². The number of para-hydroxylation sites is 1. The van der Waals surface area contributed by atoms with Crippen molar-refractivity contribution in [3.63, 3.8) is 0 Å². The lowest BCUT2D eigenvalue weighted by molar-refractivity contribution is 1.13. The first-order valence-corrected chi connectivity index (χ1v) is 7.86. The molecule has 0 spiro atoms. The first-order valence-electron chi connectivity index (χ1n) is 5.89. The fourth-order valence-electron chi connectivity index (χ4n) is 2.04. The Balaban J connectivity index is 1.67.